The lowest BCUT2D eigenvalue weighted by Crippen LogP contribution is -2.27. The third-order valence-corrected chi connectivity index (χ3v) is 3.96. The molecule has 88 valence electrons. The van der Waals surface area contributed by atoms with E-state index in [2.05, 4.69) is 18.0 Å². The molecule has 0 aliphatic carbocycles. The molecule has 0 spiro atoms. The van der Waals surface area contributed by atoms with Gasteiger partial charge in [0.2, 0.25) is 5.91 Å². The molecule has 0 saturated carbocycles. The van der Waals surface area contributed by atoms with Crippen LogP contribution in [0.1, 0.15) is 12.0 Å². The molecular formula is C12H13N3OS. The van der Waals surface area contributed by atoms with Gasteiger partial charge in [0.15, 0.2) is 5.13 Å². The van der Waals surface area contributed by atoms with Crippen LogP contribution >= 0.6 is 11.3 Å². The Balaban J connectivity index is 2.03. The fourth-order valence-corrected chi connectivity index (χ4v) is 3.15. The molecule has 0 radical (unpaired) electrons. The van der Waals surface area contributed by atoms with E-state index in [4.69, 9.17) is 5.73 Å². The first-order valence-electron chi connectivity index (χ1n) is 5.56. The standard InChI is InChI=1S/C12H13N3OS/c1-7-2-3-9-10(4-7)17-12(14-9)15-6-8(13)5-11(15)16/h2-4,8H,5-6,13H2,1H3. The van der Waals surface area contributed by atoms with Crippen molar-refractivity contribution in [1.82, 2.24) is 4.98 Å². The van der Waals surface area contributed by atoms with Crippen molar-refractivity contribution in [2.75, 3.05) is 11.4 Å². The Kier molecular flexibility index (Phi) is 2.38. The number of hydrogen-bond acceptors (Lipinski definition) is 4. The minimum absolute atomic E-state index is 0.0590. The number of carbonyl (C=O) groups is 1. The maximum absolute atomic E-state index is 11.7. The lowest BCUT2D eigenvalue weighted by Gasteiger charge is -2.10. The Morgan fingerprint density at radius 2 is 2.35 bits per heavy atom. The highest BCUT2D eigenvalue weighted by Gasteiger charge is 2.30. The van der Waals surface area contributed by atoms with Crippen LogP contribution in [-0.2, 0) is 4.79 Å². The van der Waals surface area contributed by atoms with Crippen LogP contribution in [0.4, 0.5) is 5.13 Å². The van der Waals surface area contributed by atoms with E-state index in [1.165, 1.54) is 5.56 Å². The average Bonchev–Trinajstić information content (AvgIpc) is 2.80. The molecule has 4 nitrogen and oxygen atoms in total. The number of carbonyl (C=O) groups excluding carboxylic acids is 1. The molecule has 1 aliphatic heterocycles. The predicted octanol–water partition coefficient (Wildman–Crippen LogP) is 1.67. The maximum atomic E-state index is 11.7. The number of anilines is 1. The number of nitrogens with zero attached hydrogens (tertiary/aromatic N) is 2. The summed E-state index contributed by atoms with van der Waals surface area (Å²) in [6.45, 7) is 2.63. The molecular weight excluding hydrogens is 234 g/mol. The summed E-state index contributed by atoms with van der Waals surface area (Å²) in [5, 5.41) is 0.767. The number of aryl methyl sites for hydroxylation is 1. The van der Waals surface area contributed by atoms with Crippen molar-refractivity contribution in [2.24, 2.45) is 5.73 Å². The number of hydrogen-bond donors (Lipinski definition) is 1. The first-order valence-corrected chi connectivity index (χ1v) is 6.38. The summed E-state index contributed by atoms with van der Waals surface area (Å²) in [6, 6.07) is 6.06. The topological polar surface area (TPSA) is 59.2 Å². The number of fused-ring (bicyclic) bond motifs is 1. The molecule has 2 aromatic rings. The van der Waals surface area contributed by atoms with Crippen molar-refractivity contribution in [1.29, 1.82) is 0 Å². The highest BCUT2D eigenvalue weighted by atomic mass is 32.1. The predicted molar refractivity (Wildman–Crippen MR) is 69.3 cm³/mol. The molecule has 1 atom stereocenters. The molecule has 1 aromatic heterocycles. The van der Waals surface area contributed by atoms with Gasteiger partial charge in [-0.05, 0) is 24.6 Å². The molecule has 3 rings (SSSR count). The Bertz CT molecular complexity index is 592. The average molecular weight is 247 g/mol. The summed E-state index contributed by atoms with van der Waals surface area (Å²) in [4.78, 5) is 17.9. The third kappa shape index (κ3) is 1.81. The van der Waals surface area contributed by atoms with E-state index in [9.17, 15) is 4.79 Å². The van der Waals surface area contributed by atoms with Crippen molar-refractivity contribution in [3.05, 3.63) is 23.8 Å². The van der Waals surface area contributed by atoms with Crippen molar-refractivity contribution in [2.45, 2.75) is 19.4 Å². The molecule has 1 fully saturated rings. The van der Waals surface area contributed by atoms with Gasteiger partial charge in [-0.25, -0.2) is 4.98 Å². The monoisotopic (exact) mass is 247 g/mol. The highest BCUT2D eigenvalue weighted by Crippen LogP contribution is 2.31. The smallest absolute Gasteiger partial charge is 0.230 e. The summed E-state index contributed by atoms with van der Waals surface area (Å²) in [5.41, 5.74) is 7.94. The Labute approximate surface area is 103 Å². The molecule has 1 unspecified atom stereocenters. The molecule has 1 aliphatic rings. The summed E-state index contributed by atoms with van der Waals surface area (Å²) in [5.74, 6) is 0.0771. The van der Waals surface area contributed by atoms with Crippen molar-refractivity contribution >= 4 is 32.6 Å². The largest absolute Gasteiger partial charge is 0.326 e. The second kappa shape index (κ2) is 3.78. The second-order valence-corrected chi connectivity index (χ2v) is 5.45. The molecule has 0 bridgehead atoms. The van der Waals surface area contributed by atoms with Gasteiger partial charge in [0, 0.05) is 19.0 Å². The van der Waals surface area contributed by atoms with Gasteiger partial charge in [0.25, 0.3) is 0 Å². The zero-order valence-electron chi connectivity index (χ0n) is 9.51. The number of aromatic nitrogens is 1. The van der Waals surface area contributed by atoms with Crippen LogP contribution in [0.15, 0.2) is 18.2 Å². The highest BCUT2D eigenvalue weighted by molar-refractivity contribution is 7.22. The van der Waals surface area contributed by atoms with Crippen molar-refractivity contribution in [3.8, 4) is 0 Å². The number of amides is 1. The second-order valence-electron chi connectivity index (χ2n) is 4.44. The van der Waals surface area contributed by atoms with E-state index < -0.39 is 0 Å². The molecule has 2 heterocycles. The number of rotatable bonds is 1. The van der Waals surface area contributed by atoms with E-state index in [0.29, 0.717) is 13.0 Å². The minimum atomic E-state index is -0.0590. The van der Waals surface area contributed by atoms with E-state index in [0.717, 1.165) is 15.3 Å². The van der Waals surface area contributed by atoms with Gasteiger partial charge in [-0.2, -0.15) is 0 Å². The zero-order chi connectivity index (χ0) is 12.0. The minimum Gasteiger partial charge on any atom is -0.326 e. The molecule has 17 heavy (non-hydrogen) atoms. The molecule has 1 aromatic carbocycles. The molecule has 2 N–H and O–H groups in total. The fraction of sp³-hybridized carbons (Fsp3) is 0.333. The molecule has 1 saturated heterocycles. The van der Waals surface area contributed by atoms with E-state index in [1.807, 2.05) is 12.1 Å². The first kappa shape index (κ1) is 10.7. The number of nitrogens with two attached hydrogens (primary N) is 1. The van der Waals surface area contributed by atoms with E-state index in [-0.39, 0.29) is 11.9 Å². The summed E-state index contributed by atoms with van der Waals surface area (Å²) >= 11 is 1.55. The normalized spacial score (nSPS) is 20.5. The number of thiazole rings is 1. The van der Waals surface area contributed by atoms with Gasteiger partial charge in [-0.15, -0.1) is 0 Å². The van der Waals surface area contributed by atoms with Gasteiger partial charge < -0.3 is 5.73 Å². The van der Waals surface area contributed by atoms with E-state index in [1.54, 1.807) is 16.2 Å². The van der Waals surface area contributed by atoms with Gasteiger partial charge in [0.1, 0.15) is 0 Å². The SMILES string of the molecule is Cc1ccc2nc(N3CC(N)CC3=O)sc2c1. The quantitative estimate of drug-likeness (QED) is 0.834. The lowest BCUT2D eigenvalue weighted by atomic mass is 10.2. The van der Waals surface area contributed by atoms with Crippen LogP contribution < -0.4 is 10.6 Å². The van der Waals surface area contributed by atoms with Crippen LogP contribution in [0.3, 0.4) is 0 Å². The van der Waals surface area contributed by atoms with Crippen molar-refractivity contribution in [3.63, 3.8) is 0 Å². The van der Waals surface area contributed by atoms with Gasteiger partial charge in [0.05, 0.1) is 10.2 Å². The van der Waals surface area contributed by atoms with Crippen molar-refractivity contribution < 1.29 is 4.79 Å². The zero-order valence-corrected chi connectivity index (χ0v) is 10.3. The Morgan fingerprint density at radius 3 is 3.06 bits per heavy atom. The Hall–Kier alpha value is -1.46. The van der Waals surface area contributed by atoms with Gasteiger partial charge in [-0.3, -0.25) is 9.69 Å². The van der Waals surface area contributed by atoms with Crippen LogP contribution in [0.5, 0.6) is 0 Å². The fourth-order valence-electron chi connectivity index (χ4n) is 2.06. The number of benzene rings is 1. The lowest BCUT2D eigenvalue weighted by molar-refractivity contribution is -0.117. The maximum Gasteiger partial charge on any atom is 0.230 e. The van der Waals surface area contributed by atoms with Crippen LogP contribution in [0.2, 0.25) is 0 Å². The van der Waals surface area contributed by atoms with Crippen LogP contribution in [0.25, 0.3) is 10.2 Å². The van der Waals surface area contributed by atoms with Crippen LogP contribution in [0, 0.1) is 6.92 Å². The third-order valence-electron chi connectivity index (χ3n) is 2.92. The summed E-state index contributed by atoms with van der Waals surface area (Å²) in [6.07, 6.45) is 0.426. The van der Waals surface area contributed by atoms with Gasteiger partial charge in [-0.1, -0.05) is 17.4 Å². The van der Waals surface area contributed by atoms with Crippen LogP contribution in [-0.4, -0.2) is 23.5 Å². The van der Waals surface area contributed by atoms with Gasteiger partial charge >= 0.3 is 0 Å². The summed E-state index contributed by atoms with van der Waals surface area (Å²) in [7, 11) is 0. The Morgan fingerprint density at radius 1 is 1.53 bits per heavy atom. The summed E-state index contributed by atoms with van der Waals surface area (Å²) < 4.78 is 1.12. The first-order chi connectivity index (χ1) is 8.13. The molecule has 5 heteroatoms. The van der Waals surface area contributed by atoms with E-state index >= 15 is 0 Å². The molecule has 1 amide bonds.